The fraction of sp³-hybridized carbons (Fsp3) is 0.143. The molecule has 0 atom stereocenters. The molecule has 0 saturated carbocycles. The Morgan fingerprint density at radius 3 is 2.95 bits per heavy atom. The monoisotopic (exact) mass is 289 g/mol. The minimum absolute atomic E-state index is 0.00295. The van der Waals surface area contributed by atoms with Crippen molar-refractivity contribution in [1.82, 2.24) is 0 Å². The molecular formula is C14H11NO4S. The van der Waals surface area contributed by atoms with E-state index in [9.17, 15) is 10.1 Å². The summed E-state index contributed by atoms with van der Waals surface area (Å²) in [5.41, 5.74) is 0.00295. The van der Waals surface area contributed by atoms with E-state index in [0.717, 1.165) is 9.75 Å². The molecule has 20 heavy (non-hydrogen) atoms. The van der Waals surface area contributed by atoms with Crippen LogP contribution in [0.2, 0.25) is 0 Å². The Bertz CT molecular complexity index is 669. The molecule has 2 rings (SSSR count). The molecule has 0 spiro atoms. The van der Waals surface area contributed by atoms with Gasteiger partial charge in [-0.15, -0.1) is 11.3 Å². The summed E-state index contributed by atoms with van der Waals surface area (Å²) in [4.78, 5) is 12.0. The third-order valence-electron chi connectivity index (χ3n) is 2.36. The number of nitro benzene ring substituents is 1. The van der Waals surface area contributed by atoms with E-state index in [2.05, 4.69) is 11.8 Å². The van der Waals surface area contributed by atoms with Gasteiger partial charge in [0.2, 0.25) is 0 Å². The Labute approximate surface area is 119 Å². The normalized spacial score (nSPS) is 9.65. The quantitative estimate of drug-likeness (QED) is 0.533. The van der Waals surface area contributed by atoms with Crippen molar-refractivity contribution in [2.75, 3.05) is 6.61 Å². The number of benzene rings is 1. The van der Waals surface area contributed by atoms with E-state index in [4.69, 9.17) is 9.84 Å². The van der Waals surface area contributed by atoms with Crippen LogP contribution in [-0.2, 0) is 6.61 Å². The summed E-state index contributed by atoms with van der Waals surface area (Å²) in [6, 6.07) is 9.79. The minimum atomic E-state index is -0.458. The molecule has 0 unspecified atom stereocenters. The van der Waals surface area contributed by atoms with Gasteiger partial charge in [0.05, 0.1) is 15.9 Å². The lowest BCUT2D eigenvalue weighted by Gasteiger charge is -2.03. The summed E-state index contributed by atoms with van der Waals surface area (Å²) >= 11 is 1.46. The number of hydrogen-bond donors (Lipinski definition) is 1. The minimum Gasteiger partial charge on any atom is -0.488 e. The van der Waals surface area contributed by atoms with Gasteiger partial charge in [-0.2, -0.15) is 0 Å². The van der Waals surface area contributed by atoms with Crippen LogP contribution >= 0.6 is 11.3 Å². The Balaban J connectivity index is 2.00. The summed E-state index contributed by atoms with van der Waals surface area (Å²) < 4.78 is 5.51. The van der Waals surface area contributed by atoms with E-state index in [0.29, 0.717) is 12.4 Å². The van der Waals surface area contributed by atoms with E-state index in [1.165, 1.54) is 23.5 Å². The molecule has 0 aliphatic carbocycles. The highest BCUT2D eigenvalue weighted by atomic mass is 32.1. The predicted octanol–water partition coefficient (Wildman–Crippen LogP) is 2.58. The maximum atomic E-state index is 10.6. The van der Waals surface area contributed by atoms with Crippen molar-refractivity contribution in [3.8, 4) is 17.6 Å². The second-order valence-electron chi connectivity index (χ2n) is 3.77. The first-order valence-electron chi connectivity index (χ1n) is 5.75. The Morgan fingerprint density at radius 2 is 2.20 bits per heavy atom. The Kier molecular flexibility index (Phi) is 4.71. The van der Waals surface area contributed by atoms with Crippen molar-refractivity contribution in [2.24, 2.45) is 0 Å². The molecule has 0 aliphatic heterocycles. The van der Waals surface area contributed by atoms with Crippen LogP contribution in [0.3, 0.4) is 0 Å². The van der Waals surface area contributed by atoms with Crippen LogP contribution < -0.4 is 4.74 Å². The van der Waals surface area contributed by atoms with Crippen molar-refractivity contribution in [3.05, 3.63) is 56.3 Å². The zero-order chi connectivity index (χ0) is 14.4. The SMILES string of the molecule is O=[N+]([O-])c1cccc(OCc2ccc(C#CCO)s2)c1. The van der Waals surface area contributed by atoms with Crippen LogP contribution in [0.1, 0.15) is 9.75 Å². The zero-order valence-corrected chi connectivity index (χ0v) is 11.2. The zero-order valence-electron chi connectivity index (χ0n) is 10.4. The summed E-state index contributed by atoms with van der Waals surface area (Å²) in [5.74, 6) is 5.84. The molecule has 0 bridgehead atoms. The Morgan fingerprint density at radius 1 is 1.35 bits per heavy atom. The van der Waals surface area contributed by atoms with Gasteiger partial charge in [0.15, 0.2) is 0 Å². The van der Waals surface area contributed by atoms with E-state index in [1.54, 1.807) is 12.1 Å². The standard InChI is InChI=1S/C14H11NO4S/c16-8-2-5-13-6-7-14(20-13)10-19-12-4-1-3-11(9-12)15(17)18/h1,3-4,6-7,9,16H,8,10H2. The lowest BCUT2D eigenvalue weighted by atomic mass is 10.3. The van der Waals surface area contributed by atoms with Crippen LogP contribution in [-0.4, -0.2) is 16.6 Å². The van der Waals surface area contributed by atoms with Crippen LogP contribution in [0.25, 0.3) is 0 Å². The first-order chi connectivity index (χ1) is 9.69. The lowest BCUT2D eigenvalue weighted by Crippen LogP contribution is -1.94. The lowest BCUT2D eigenvalue weighted by molar-refractivity contribution is -0.384. The highest BCUT2D eigenvalue weighted by Gasteiger charge is 2.06. The van der Waals surface area contributed by atoms with Gasteiger partial charge in [-0.1, -0.05) is 17.9 Å². The van der Waals surface area contributed by atoms with Gasteiger partial charge in [0, 0.05) is 10.9 Å². The first-order valence-corrected chi connectivity index (χ1v) is 6.56. The summed E-state index contributed by atoms with van der Waals surface area (Å²) in [7, 11) is 0. The highest BCUT2D eigenvalue weighted by molar-refractivity contribution is 7.12. The first kappa shape index (κ1) is 14.1. The molecule has 1 N–H and O–H groups in total. The molecule has 6 heteroatoms. The third-order valence-corrected chi connectivity index (χ3v) is 3.34. The number of aliphatic hydroxyl groups excluding tert-OH is 1. The molecule has 102 valence electrons. The third kappa shape index (κ3) is 3.82. The van der Waals surface area contributed by atoms with Gasteiger partial charge in [-0.3, -0.25) is 10.1 Å². The van der Waals surface area contributed by atoms with E-state index >= 15 is 0 Å². The predicted molar refractivity (Wildman–Crippen MR) is 75.7 cm³/mol. The molecule has 0 amide bonds. The topological polar surface area (TPSA) is 72.6 Å². The maximum absolute atomic E-state index is 10.6. The van der Waals surface area contributed by atoms with Gasteiger partial charge in [0.25, 0.3) is 5.69 Å². The van der Waals surface area contributed by atoms with E-state index < -0.39 is 4.92 Å². The molecule has 1 aromatic heterocycles. The van der Waals surface area contributed by atoms with E-state index in [-0.39, 0.29) is 12.3 Å². The summed E-state index contributed by atoms with van der Waals surface area (Å²) in [6.45, 7) is 0.157. The molecule has 1 aromatic carbocycles. The number of rotatable bonds is 4. The number of thiophene rings is 1. The average Bonchev–Trinajstić information content (AvgIpc) is 2.91. The number of non-ortho nitro benzene ring substituents is 1. The van der Waals surface area contributed by atoms with Gasteiger partial charge < -0.3 is 9.84 Å². The second-order valence-corrected chi connectivity index (χ2v) is 4.94. The van der Waals surface area contributed by atoms with Crippen LogP contribution in [0.4, 0.5) is 5.69 Å². The number of aliphatic hydroxyl groups is 1. The molecule has 0 saturated heterocycles. The largest absolute Gasteiger partial charge is 0.488 e. The molecule has 0 aliphatic rings. The van der Waals surface area contributed by atoms with Crippen molar-refractivity contribution < 1.29 is 14.8 Å². The second kappa shape index (κ2) is 6.70. The Hall–Kier alpha value is -2.36. The van der Waals surface area contributed by atoms with Gasteiger partial charge >= 0.3 is 0 Å². The highest BCUT2D eigenvalue weighted by Crippen LogP contribution is 2.22. The number of ether oxygens (including phenoxy) is 1. The molecule has 0 fully saturated rings. The number of nitrogens with zero attached hydrogens (tertiary/aromatic N) is 1. The molecule has 2 aromatic rings. The van der Waals surface area contributed by atoms with Crippen molar-refractivity contribution in [3.63, 3.8) is 0 Å². The van der Waals surface area contributed by atoms with Gasteiger partial charge in [0.1, 0.15) is 19.0 Å². The van der Waals surface area contributed by atoms with Crippen LogP contribution in [0.15, 0.2) is 36.4 Å². The van der Waals surface area contributed by atoms with Crippen LogP contribution in [0, 0.1) is 22.0 Å². The van der Waals surface area contributed by atoms with Crippen molar-refractivity contribution in [1.29, 1.82) is 0 Å². The van der Waals surface area contributed by atoms with Gasteiger partial charge in [-0.05, 0) is 18.2 Å². The summed E-state index contributed by atoms with van der Waals surface area (Å²) in [5, 5.41) is 19.3. The van der Waals surface area contributed by atoms with Gasteiger partial charge in [-0.25, -0.2) is 0 Å². The number of hydrogen-bond acceptors (Lipinski definition) is 5. The smallest absolute Gasteiger partial charge is 0.273 e. The fourth-order valence-electron chi connectivity index (χ4n) is 1.49. The molecule has 5 nitrogen and oxygen atoms in total. The summed E-state index contributed by atoms with van der Waals surface area (Å²) in [6.07, 6.45) is 0. The average molecular weight is 289 g/mol. The fourth-order valence-corrected chi connectivity index (χ4v) is 2.29. The van der Waals surface area contributed by atoms with E-state index in [1.807, 2.05) is 12.1 Å². The molecule has 0 radical (unpaired) electrons. The number of nitro groups is 1. The van der Waals surface area contributed by atoms with Crippen molar-refractivity contribution >= 4 is 17.0 Å². The molecule has 1 heterocycles. The van der Waals surface area contributed by atoms with Crippen molar-refractivity contribution in [2.45, 2.75) is 6.61 Å². The molecular weight excluding hydrogens is 278 g/mol. The maximum Gasteiger partial charge on any atom is 0.273 e. The van der Waals surface area contributed by atoms with Crippen LogP contribution in [0.5, 0.6) is 5.75 Å².